The molecule has 3 rings (SSSR count). The molecule has 0 radical (unpaired) electrons. The summed E-state index contributed by atoms with van der Waals surface area (Å²) in [6.45, 7) is 17.6. The number of aryl methyl sites for hydroxylation is 2. The second-order valence-corrected chi connectivity index (χ2v) is 9.28. The van der Waals surface area contributed by atoms with Gasteiger partial charge >= 0.3 is 0 Å². The molecular formula is C30H39N. The van der Waals surface area contributed by atoms with Gasteiger partial charge in [-0.3, -0.25) is 0 Å². The summed E-state index contributed by atoms with van der Waals surface area (Å²) in [6, 6.07) is 8.95. The molecule has 1 heterocycles. The third-order valence-corrected chi connectivity index (χ3v) is 6.89. The number of rotatable bonds is 9. The molecule has 0 amide bonds. The number of hydrogen-bond acceptors (Lipinski definition) is 0. The summed E-state index contributed by atoms with van der Waals surface area (Å²) in [4.78, 5) is 3.26. The summed E-state index contributed by atoms with van der Waals surface area (Å²) in [6.07, 6.45) is 16.1. The van der Waals surface area contributed by atoms with Crippen molar-refractivity contribution in [1.29, 1.82) is 0 Å². The summed E-state index contributed by atoms with van der Waals surface area (Å²) in [5.74, 6) is 1.21. The predicted molar refractivity (Wildman–Crippen MR) is 137 cm³/mol. The Labute approximate surface area is 189 Å². The van der Waals surface area contributed by atoms with E-state index in [0.717, 1.165) is 12.3 Å². The first-order valence-corrected chi connectivity index (χ1v) is 11.9. The molecular weight excluding hydrogens is 374 g/mol. The van der Waals surface area contributed by atoms with Gasteiger partial charge in [0, 0.05) is 17.8 Å². The molecule has 0 bridgehead atoms. The molecule has 1 aromatic carbocycles. The number of H-pyrrole nitrogens is 1. The highest BCUT2D eigenvalue weighted by Crippen LogP contribution is 2.39. The van der Waals surface area contributed by atoms with Crippen molar-refractivity contribution in [3.05, 3.63) is 94.9 Å². The lowest BCUT2D eigenvalue weighted by molar-refractivity contribution is 0.437. The molecule has 2 unspecified atom stereocenters. The number of nitrogens with one attached hydrogen (secondary N) is 1. The number of aromatic nitrogens is 1. The van der Waals surface area contributed by atoms with Gasteiger partial charge in [0.05, 0.1) is 0 Å². The van der Waals surface area contributed by atoms with Gasteiger partial charge in [-0.05, 0) is 92.4 Å². The van der Waals surface area contributed by atoms with Gasteiger partial charge in [0.2, 0.25) is 0 Å². The molecule has 0 saturated heterocycles. The van der Waals surface area contributed by atoms with E-state index in [2.05, 4.69) is 82.3 Å². The summed E-state index contributed by atoms with van der Waals surface area (Å²) >= 11 is 0. The fourth-order valence-electron chi connectivity index (χ4n) is 4.85. The molecule has 1 aromatic heterocycles. The molecule has 31 heavy (non-hydrogen) atoms. The average Bonchev–Trinajstić information content (AvgIpc) is 3.16. The minimum Gasteiger partial charge on any atom is -0.365 e. The van der Waals surface area contributed by atoms with E-state index in [9.17, 15) is 0 Å². The monoisotopic (exact) mass is 413 g/mol. The highest BCUT2D eigenvalue weighted by Gasteiger charge is 2.23. The maximum absolute atomic E-state index is 4.59. The van der Waals surface area contributed by atoms with Crippen LogP contribution in [0.15, 0.2) is 66.9 Å². The van der Waals surface area contributed by atoms with Crippen molar-refractivity contribution in [1.82, 2.24) is 4.98 Å². The fraction of sp³-hybridized carbons (Fsp3) is 0.400. The number of allylic oxidation sites excluding steroid dienone is 5. The summed E-state index contributed by atoms with van der Waals surface area (Å²) in [7, 11) is 0. The van der Waals surface area contributed by atoms with Crippen LogP contribution in [0.2, 0.25) is 0 Å². The number of aromatic amines is 1. The third-order valence-electron chi connectivity index (χ3n) is 6.89. The van der Waals surface area contributed by atoms with Crippen molar-refractivity contribution in [3.63, 3.8) is 0 Å². The van der Waals surface area contributed by atoms with Crippen LogP contribution in [-0.2, 0) is 6.42 Å². The normalized spacial score (nSPS) is 19.2. The largest absolute Gasteiger partial charge is 0.365 e. The quantitative estimate of drug-likeness (QED) is 0.313. The van der Waals surface area contributed by atoms with Gasteiger partial charge in [0.15, 0.2) is 0 Å². The van der Waals surface area contributed by atoms with E-state index in [1.807, 2.05) is 12.3 Å². The van der Waals surface area contributed by atoms with E-state index >= 15 is 0 Å². The van der Waals surface area contributed by atoms with E-state index in [0.29, 0.717) is 5.92 Å². The van der Waals surface area contributed by atoms with E-state index < -0.39 is 0 Å². The van der Waals surface area contributed by atoms with Gasteiger partial charge in [-0.1, -0.05) is 74.4 Å². The van der Waals surface area contributed by atoms with E-state index in [1.54, 1.807) is 5.57 Å². The average molecular weight is 414 g/mol. The first kappa shape index (κ1) is 23.1. The van der Waals surface area contributed by atoms with Crippen molar-refractivity contribution < 1.29 is 0 Å². The summed E-state index contributed by atoms with van der Waals surface area (Å²) < 4.78 is 0. The Morgan fingerprint density at radius 3 is 2.61 bits per heavy atom. The molecule has 0 aliphatic heterocycles. The first-order chi connectivity index (χ1) is 14.9. The maximum Gasteiger partial charge on any atom is 0.0189 e. The Hall–Kier alpha value is -2.54. The second kappa shape index (κ2) is 10.7. The van der Waals surface area contributed by atoms with Crippen LogP contribution < -0.4 is 0 Å². The van der Waals surface area contributed by atoms with Crippen LogP contribution in [-0.4, -0.2) is 4.98 Å². The zero-order valence-electron chi connectivity index (χ0n) is 19.9. The van der Waals surface area contributed by atoms with Gasteiger partial charge in [-0.15, -0.1) is 0 Å². The Morgan fingerprint density at radius 1 is 1.16 bits per heavy atom. The van der Waals surface area contributed by atoms with E-state index in [-0.39, 0.29) is 0 Å². The zero-order chi connectivity index (χ0) is 22.4. The molecule has 2 atom stereocenters. The lowest BCUT2D eigenvalue weighted by atomic mass is 9.76. The lowest BCUT2D eigenvalue weighted by Crippen LogP contribution is -2.14. The van der Waals surface area contributed by atoms with Crippen molar-refractivity contribution >= 4 is 11.6 Å². The lowest BCUT2D eigenvalue weighted by Gasteiger charge is -2.29. The Bertz CT molecular complexity index is 982. The number of benzene rings is 1. The Morgan fingerprint density at radius 2 is 1.97 bits per heavy atom. The third kappa shape index (κ3) is 5.79. The van der Waals surface area contributed by atoms with E-state index in [1.165, 1.54) is 71.2 Å². The van der Waals surface area contributed by atoms with Crippen LogP contribution in [0.1, 0.15) is 73.9 Å². The molecule has 164 valence electrons. The first-order valence-electron chi connectivity index (χ1n) is 11.9. The van der Waals surface area contributed by atoms with Crippen LogP contribution in [0.3, 0.4) is 0 Å². The highest BCUT2D eigenvalue weighted by molar-refractivity contribution is 5.71. The van der Waals surface area contributed by atoms with Gasteiger partial charge in [0.1, 0.15) is 0 Å². The van der Waals surface area contributed by atoms with Crippen molar-refractivity contribution in [2.45, 2.75) is 66.2 Å². The minimum atomic E-state index is 0.447. The van der Waals surface area contributed by atoms with Crippen molar-refractivity contribution in [3.8, 4) is 0 Å². The predicted octanol–water partition coefficient (Wildman–Crippen LogP) is 8.62. The molecule has 0 saturated carbocycles. The Kier molecular flexibility index (Phi) is 7.96. The molecule has 1 nitrogen and oxygen atoms in total. The van der Waals surface area contributed by atoms with Crippen molar-refractivity contribution in [2.75, 3.05) is 0 Å². The van der Waals surface area contributed by atoms with Gasteiger partial charge < -0.3 is 4.98 Å². The molecule has 2 aromatic rings. The standard InChI is InChI=1S/C30H39N/c1-7-9-10-26-12-13-27(18-22(26)4)23(5)30-14-11-21(3)17-29(30)20-25(8-2)19-28-15-16-31-24(28)6/h8,11,14-19,26-27,31H,2,5,7,9-10,12-13,20H2,1,3-4,6H3/b25-19+. The smallest absolute Gasteiger partial charge is 0.0189 e. The molecule has 1 aliphatic carbocycles. The van der Waals surface area contributed by atoms with E-state index in [4.69, 9.17) is 0 Å². The van der Waals surface area contributed by atoms with Gasteiger partial charge in [0.25, 0.3) is 0 Å². The number of hydrogen-bond donors (Lipinski definition) is 1. The summed E-state index contributed by atoms with van der Waals surface area (Å²) in [5, 5.41) is 0. The van der Waals surface area contributed by atoms with Crippen LogP contribution in [0.25, 0.3) is 11.6 Å². The topological polar surface area (TPSA) is 15.8 Å². The zero-order valence-corrected chi connectivity index (χ0v) is 19.9. The molecule has 1 N–H and O–H groups in total. The molecule has 1 heteroatoms. The molecule has 0 spiro atoms. The SMILES string of the molecule is C=C/C(=C\c1cc[nH]c1C)Cc1cc(C)ccc1C(=C)C1C=C(C)C(CCCC)CC1. The molecule has 1 aliphatic rings. The maximum atomic E-state index is 4.59. The fourth-order valence-corrected chi connectivity index (χ4v) is 4.85. The highest BCUT2D eigenvalue weighted by atomic mass is 14.7. The van der Waals surface area contributed by atoms with Gasteiger partial charge in [-0.2, -0.15) is 0 Å². The molecule has 0 fully saturated rings. The summed E-state index contributed by atoms with van der Waals surface area (Å²) in [5.41, 5.74) is 10.4. The Balaban J connectivity index is 1.85. The van der Waals surface area contributed by atoms with Crippen LogP contribution in [0.4, 0.5) is 0 Å². The second-order valence-electron chi connectivity index (χ2n) is 9.28. The number of unbranched alkanes of at least 4 members (excludes halogenated alkanes) is 1. The van der Waals surface area contributed by atoms with Crippen molar-refractivity contribution in [2.24, 2.45) is 11.8 Å². The minimum absolute atomic E-state index is 0.447. The van der Waals surface area contributed by atoms with Crippen LogP contribution in [0, 0.1) is 25.7 Å². The van der Waals surface area contributed by atoms with Crippen LogP contribution in [0.5, 0.6) is 0 Å². The van der Waals surface area contributed by atoms with Crippen LogP contribution >= 0.6 is 0 Å². The van der Waals surface area contributed by atoms with Gasteiger partial charge in [-0.25, -0.2) is 0 Å².